The van der Waals surface area contributed by atoms with Gasteiger partial charge in [-0.2, -0.15) is 0 Å². The van der Waals surface area contributed by atoms with Gasteiger partial charge in [0.2, 0.25) is 0 Å². The highest BCUT2D eigenvalue weighted by Gasteiger charge is 2.28. The van der Waals surface area contributed by atoms with Crippen molar-refractivity contribution >= 4 is 40.7 Å². The smallest absolute Gasteiger partial charge is 0.196 e. The van der Waals surface area contributed by atoms with Crippen molar-refractivity contribution in [3.63, 3.8) is 0 Å². The number of hydrogen-bond donors (Lipinski definition) is 0. The van der Waals surface area contributed by atoms with Crippen LogP contribution in [0, 0.1) is 13.8 Å². The number of benzene rings is 1. The molecule has 4 aromatic rings. The fourth-order valence-corrected chi connectivity index (χ4v) is 5.19. The number of hydrogen-bond acceptors (Lipinski definition) is 5. The van der Waals surface area contributed by atoms with Gasteiger partial charge in [0.15, 0.2) is 16.8 Å². The van der Waals surface area contributed by atoms with Crippen LogP contribution in [0.25, 0.3) is 17.1 Å². The Morgan fingerprint density at radius 1 is 1.12 bits per heavy atom. The zero-order chi connectivity index (χ0) is 23.1. The van der Waals surface area contributed by atoms with Crippen molar-refractivity contribution in [3.05, 3.63) is 75.8 Å². The molecule has 0 unspecified atom stereocenters. The number of halogens is 2. The highest BCUT2D eigenvalue weighted by molar-refractivity contribution is 7.99. The summed E-state index contributed by atoms with van der Waals surface area (Å²) in [4.78, 5) is 17.3. The van der Waals surface area contributed by atoms with E-state index < -0.39 is 0 Å². The molecule has 1 aliphatic rings. The van der Waals surface area contributed by atoms with Crippen LogP contribution in [0.4, 0.5) is 0 Å². The monoisotopic (exact) mass is 497 g/mol. The minimum atomic E-state index is 0.0756. The Morgan fingerprint density at radius 3 is 2.64 bits per heavy atom. The number of aryl methyl sites for hydroxylation is 1. The van der Waals surface area contributed by atoms with Gasteiger partial charge in [0.05, 0.1) is 21.5 Å². The molecule has 1 fully saturated rings. The van der Waals surface area contributed by atoms with Crippen molar-refractivity contribution in [3.8, 4) is 17.1 Å². The number of ketones is 1. The number of carbonyl (C=O) groups is 1. The second-order valence-corrected chi connectivity index (χ2v) is 9.84. The van der Waals surface area contributed by atoms with Gasteiger partial charge in [-0.25, -0.2) is 0 Å². The number of aromatic nitrogens is 5. The van der Waals surface area contributed by atoms with E-state index in [1.54, 1.807) is 24.5 Å². The maximum Gasteiger partial charge on any atom is 0.196 e. The summed E-state index contributed by atoms with van der Waals surface area (Å²) in [5.74, 6) is 0.941. The second kappa shape index (κ2) is 8.97. The summed E-state index contributed by atoms with van der Waals surface area (Å²) >= 11 is 13.8. The molecule has 0 bridgehead atoms. The average Bonchev–Trinajstić information content (AvgIpc) is 3.48. The minimum absolute atomic E-state index is 0.0756. The van der Waals surface area contributed by atoms with Crippen LogP contribution in [0.1, 0.15) is 40.6 Å². The lowest BCUT2D eigenvalue weighted by Crippen LogP contribution is -2.07. The van der Waals surface area contributed by atoms with E-state index in [-0.39, 0.29) is 11.5 Å². The molecule has 33 heavy (non-hydrogen) atoms. The Balaban J connectivity index is 1.47. The molecule has 3 heterocycles. The number of thioether (sulfide) groups is 1. The number of carbonyl (C=O) groups excluding carboxylic acids is 1. The van der Waals surface area contributed by atoms with E-state index in [4.69, 9.17) is 23.2 Å². The number of pyridine rings is 1. The van der Waals surface area contributed by atoms with Crippen LogP contribution in [0.3, 0.4) is 0 Å². The summed E-state index contributed by atoms with van der Waals surface area (Å²) in [5, 5.41) is 10.3. The van der Waals surface area contributed by atoms with Crippen molar-refractivity contribution in [1.29, 1.82) is 0 Å². The molecular formula is C24H21Cl2N5OS. The largest absolute Gasteiger partial charge is 0.345 e. The predicted molar refractivity (Wildman–Crippen MR) is 132 cm³/mol. The van der Waals surface area contributed by atoms with Crippen molar-refractivity contribution in [1.82, 2.24) is 24.3 Å². The molecule has 0 amide bonds. The van der Waals surface area contributed by atoms with E-state index in [0.29, 0.717) is 27.1 Å². The van der Waals surface area contributed by atoms with Crippen LogP contribution in [0.15, 0.2) is 53.9 Å². The van der Waals surface area contributed by atoms with Gasteiger partial charge in [0.1, 0.15) is 0 Å². The first kappa shape index (κ1) is 22.2. The van der Waals surface area contributed by atoms with Crippen LogP contribution in [0.5, 0.6) is 0 Å². The van der Waals surface area contributed by atoms with Crippen molar-refractivity contribution in [2.45, 2.75) is 37.9 Å². The molecule has 3 aromatic heterocycles. The Hall–Kier alpha value is -2.61. The summed E-state index contributed by atoms with van der Waals surface area (Å²) in [6, 6.07) is 11.7. The Kier molecular flexibility index (Phi) is 6.03. The third-order valence-corrected chi connectivity index (χ3v) is 7.41. The second-order valence-electron chi connectivity index (χ2n) is 8.08. The average molecular weight is 498 g/mol. The molecule has 0 spiro atoms. The third-order valence-electron chi connectivity index (χ3n) is 5.74. The molecule has 0 N–H and O–H groups in total. The zero-order valence-corrected chi connectivity index (χ0v) is 20.5. The molecule has 0 aliphatic heterocycles. The predicted octanol–water partition coefficient (Wildman–Crippen LogP) is 6.36. The number of rotatable bonds is 7. The van der Waals surface area contributed by atoms with Gasteiger partial charge in [0.25, 0.3) is 0 Å². The van der Waals surface area contributed by atoms with Gasteiger partial charge in [0, 0.05) is 41.0 Å². The van der Waals surface area contributed by atoms with Crippen molar-refractivity contribution < 1.29 is 4.79 Å². The topological polar surface area (TPSA) is 65.6 Å². The van der Waals surface area contributed by atoms with E-state index >= 15 is 0 Å². The summed E-state index contributed by atoms with van der Waals surface area (Å²) in [6.45, 7) is 4.10. The summed E-state index contributed by atoms with van der Waals surface area (Å²) in [5.41, 5.74) is 4.53. The molecular weight excluding hydrogens is 477 g/mol. The summed E-state index contributed by atoms with van der Waals surface area (Å²) < 4.78 is 4.17. The first-order valence-corrected chi connectivity index (χ1v) is 12.3. The molecule has 0 saturated heterocycles. The first-order valence-electron chi connectivity index (χ1n) is 10.6. The minimum Gasteiger partial charge on any atom is -0.345 e. The molecule has 0 atom stereocenters. The van der Waals surface area contributed by atoms with Gasteiger partial charge in [-0.15, -0.1) is 10.2 Å². The molecule has 168 valence electrons. The SMILES string of the molecule is Cc1cc(C(=O)CSc2nnc(-c3cccnc3)n2-c2ccc(Cl)c(Cl)c2)c(C)n1C1CC1. The van der Waals surface area contributed by atoms with Crippen LogP contribution >= 0.6 is 35.0 Å². The highest BCUT2D eigenvalue weighted by atomic mass is 35.5. The molecule has 5 rings (SSSR count). The molecule has 6 nitrogen and oxygen atoms in total. The van der Waals surface area contributed by atoms with Gasteiger partial charge < -0.3 is 4.57 Å². The van der Waals surface area contributed by atoms with Crippen LogP contribution < -0.4 is 0 Å². The van der Waals surface area contributed by atoms with Crippen molar-refractivity contribution in [2.75, 3.05) is 5.75 Å². The third kappa shape index (κ3) is 4.33. The number of nitrogens with zero attached hydrogens (tertiary/aromatic N) is 5. The molecule has 1 aliphatic carbocycles. The fourth-order valence-electron chi connectivity index (χ4n) is 4.06. The standard InChI is InChI=1S/C24H21Cl2N5OS/c1-14-10-19(15(2)30(14)17-5-6-17)22(32)13-33-24-29-28-23(16-4-3-9-27-12-16)31(24)18-7-8-20(25)21(26)11-18/h3-4,7-12,17H,5-6,13H2,1-2H3. The molecule has 0 radical (unpaired) electrons. The van der Waals surface area contributed by atoms with Crippen molar-refractivity contribution in [2.24, 2.45) is 0 Å². The van der Waals surface area contributed by atoms with E-state index in [1.165, 1.54) is 24.6 Å². The van der Waals surface area contributed by atoms with Gasteiger partial charge in [-0.3, -0.25) is 14.3 Å². The molecule has 9 heteroatoms. The number of Topliss-reactive ketones (excluding diaryl/α,β-unsaturated/α-hetero) is 1. The summed E-state index contributed by atoms with van der Waals surface area (Å²) in [6.07, 6.45) is 5.80. The molecule has 1 aromatic carbocycles. The fraction of sp³-hybridized carbons (Fsp3) is 0.250. The molecule has 1 saturated carbocycles. The Labute approximate surface area is 206 Å². The first-order chi connectivity index (χ1) is 15.9. The Morgan fingerprint density at radius 2 is 1.94 bits per heavy atom. The maximum atomic E-state index is 13.1. The van der Waals surface area contributed by atoms with Gasteiger partial charge in [-0.05, 0) is 63.1 Å². The zero-order valence-electron chi connectivity index (χ0n) is 18.1. The Bertz CT molecular complexity index is 1340. The normalized spacial score (nSPS) is 13.5. The van der Waals surface area contributed by atoms with Crippen LogP contribution in [0.2, 0.25) is 10.0 Å². The van der Waals surface area contributed by atoms with Crippen LogP contribution in [-0.4, -0.2) is 35.9 Å². The highest BCUT2D eigenvalue weighted by Crippen LogP contribution is 2.39. The lowest BCUT2D eigenvalue weighted by molar-refractivity contribution is 0.102. The van der Waals surface area contributed by atoms with E-state index in [2.05, 4.69) is 26.7 Å². The van der Waals surface area contributed by atoms with Gasteiger partial charge in [-0.1, -0.05) is 35.0 Å². The van der Waals surface area contributed by atoms with Gasteiger partial charge >= 0.3 is 0 Å². The lowest BCUT2D eigenvalue weighted by Gasteiger charge is -2.11. The van der Waals surface area contributed by atoms with E-state index in [0.717, 1.165) is 28.2 Å². The quantitative estimate of drug-likeness (QED) is 0.219. The van der Waals surface area contributed by atoms with Crippen LogP contribution in [-0.2, 0) is 0 Å². The van der Waals surface area contributed by atoms with E-state index in [1.807, 2.05) is 35.8 Å². The maximum absolute atomic E-state index is 13.1. The summed E-state index contributed by atoms with van der Waals surface area (Å²) in [7, 11) is 0. The van der Waals surface area contributed by atoms with E-state index in [9.17, 15) is 4.79 Å². The lowest BCUT2D eigenvalue weighted by atomic mass is 10.2.